The molecule has 0 bridgehead atoms. The zero-order chi connectivity index (χ0) is 23.2. The van der Waals surface area contributed by atoms with E-state index in [2.05, 4.69) is 27.8 Å². The van der Waals surface area contributed by atoms with Crippen molar-refractivity contribution in [2.45, 2.75) is 19.0 Å². The molecule has 3 aromatic carbocycles. The molecule has 1 amide bonds. The van der Waals surface area contributed by atoms with E-state index in [1.807, 2.05) is 60.2 Å². The van der Waals surface area contributed by atoms with Crippen LogP contribution >= 0.6 is 11.6 Å². The highest BCUT2D eigenvalue weighted by Crippen LogP contribution is 2.28. The Balaban J connectivity index is 1.53. The summed E-state index contributed by atoms with van der Waals surface area (Å²) in [6, 6.07) is 22.4. The maximum atomic E-state index is 13.3. The first kappa shape index (κ1) is 22.6. The number of imidazole rings is 1. The molecule has 0 aliphatic heterocycles. The first-order chi connectivity index (χ1) is 16.0. The third-order valence-electron chi connectivity index (χ3n) is 5.43. The van der Waals surface area contributed by atoms with E-state index < -0.39 is 6.04 Å². The van der Waals surface area contributed by atoms with Gasteiger partial charge in [-0.3, -0.25) is 10.1 Å². The van der Waals surface area contributed by atoms with Gasteiger partial charge >= 0.3 is 0 Å². The van der Waals surface area contributed by atoms with Gasteiger partial charge in [-0.25, -0.2) is 4.98 Å². The lowest BCUT2D eigenvalue weighted by Crippen LogP contribution is -2.34. The molecule has 168 valence electrons. The molecule has 0 spiro atoms. The van der Waals surface area contributed by atoms with Gasteiger partial charge in [-0.1, -0.05) is 54.1 Å². The summed E-state index contributed by atoms with van der Waals surface area (Å²) in [6.45, 7) is 2.04. The summed E-state index contributed by atoms with van der Waals surface area (Å²) in [4.78, 5) is 17.4. The second-order valence-corrected chi connectivity index (χ2v) is 8.04. The molecular formula is C26H25ClN4O2. The van der Waals surface area contributed by atoms with Crippen LogP contribution in [-0.2, 0) is 4.79 Å². The predicted molar refractivity (Wildman–Crippen MR) is 131 cm³/mol. The van der Waals surface area contributed by atoms with Crippen molar-refractivity contribution in [2.75, 3.05) is 12.4 Å². The van der Waals surface area contributed by atoms with Gasteiger partial charge in [0.1, 0.15) is 11.8 Å². The fraction of sp³-hybridized carbons (Fsp3) is 0.154. The molecule has 4 aromatic rings. The number of carbonyl (C=O) groups is 1. The Labute approximate surface area is 198 Å². The van der Waals surface area contributed by atoms with Crippen molar-refractivity contribution in [3.05, 3.63) is 108 Å². The lowest BCUT2D eigenvalue weighted by atomic mass is 10.0. The average molecular weight is 461 g/mol. The summed E-state index contributed by atoms with van der Waals surface area (Å²) in [7, 11) is 1.55. The summed E-state index contributed by atoms with van der Waals surface area (Å²) in [5, 5.41) is 6.87. The fourth-order valence-electron chi connectivity index (χ4n) is 3.62. The van der Waals surface area contributed by atoms with Crippen LogP contribution in [0.4, 0.5) is 5.69 Å². The summed E-state index contributed by atoms with van der Waals surface area (Å²) in [6.07, 6.45) is 5.41. The van der Waals surface area contributed by atoms with E-state index in [4.69, 9.17) is 16.3 Å². The van der Waals surface area contributed by atoms with Gasteiger partial charge in [-0.05, 0) is 48.4 Å². The van der Waals surface area contributed by atoms with Crippen LogP contribution < -0.4 is 15.4 Å². The SMILES string of the molecule is COc1ccc(NC(=O)[C@@H](N[C@@H](C)c2ccc(-n3ccnc3)cc2)c2ccccc2)cc1Cl. The second kappa shape index (κ2) is 10.3. The zero-order valence-electron chi connectivity index (χ0n) is 18.4. The molecule has 0 aliphatic rings. The number of hydrogen-bond donors (Lipinski definition) is 2. The Morgan fingerprint density at radius 2 is 1.79 bits per heavy atom. The zero-order valence-corrected chi connectivity index (χ0v) is 19.2. The minimum Gasteiger partial charge on any atom is -0.495 e. The highest BCUT2D eigenvalue weighted by atomic mass is 35.5. The van der Waals surface area contributed by atoms with Crippen LogP contribution in [0.5, 0.6) is 5.75 Å². The van der Waals surface area contributed by atoms with Crippen molar-refractivity contribution < 1.29 is 9.53 Å². The number of anilines is 1. The van der Waals surface area contributed by atoms with E-state index in [1.54, 1.807) is 37.8 Å². The molecule has 1 heterocycles. The minimum absolute atomic E-state index is 0.0720. The molecule has 0 unspecified atom stereocenters. The lowest BCUT2D eigenvalue weighted by Gasteiger charge is -2.24. The predicted octanol–water partition coefficient (Wildman–Crippen LogP) is 5.56. The number of methoxy groups -OCH3 is 1. The number of carbonyl (C=O) groups excluding carboxylic acids is 1. The Bertz CT molecular complexity index is 1190. The van der Waals surface area contributed by atoms with Crippen molar-refractivity contribution in [1.29, 1.82) is 0 Å². The first-order valence-corrected chi connectivity index (χ1v) is 11.0. The topological polar surface area (TPSA) is 68.2 Å². The molecule has 33 heavy (non-hydrogen) atoms. The highest BCUT2D eigenvalue weighted by Gasteiger charge is 2.23. The van der Waals surface area contributed by atoms with Gasteiger partial charge in [0, 0.05) is 29.8 Å². The van der Waals surface area contributed by atoms with Gasteiger partial charge in [0.05, 0.1) is 18.5 Å². The quantitative estimate of drug-likeness (QED) is 0.361. The number of amides is 1. The third-order valence-corrected chi connectivity index (χ3v) is 5.72. The normalized spacial score (nSPS) is 12.7. The maximum absolute atomic E-state index is 13.3. The summed E-state index contributed by atoms with van der Waals surface area (Å²) >= 11 is 6.23. The van der Waals surface area contributed by atoms with Crippen LogP contribution in [0.1, 0.15) is 30.1 Å². The number of nitrogens with zero attached hydrogens (tertiary/aromatic N) is 2. The van der Waals surface area contributed by atoms with Gasteiger partial charge in [-0.2, -0.15) is 0 Å². The summed E-state index contributed by atoms with van der Waals surface area (Å²) in [5.41, 5.74) is 3.57. The van der Waals surface area contributed by atoms with E-state index in [0.29, 0.717) is 16.5 Å². The average Bonchev–Trinajstić information content (AvgIpc) is 3.38. The Hall–Kier alpha value is -3.61. The van der Waals surface area contributed by atoms with E-state index in [0.717, 1.165) is 16.8 Å². The molecule has 2 atom stereocenters. The van der Waals surface area contributed by atoms with Crippen LogP contribution in [0, 0.1) is 0 Å². The van der Waals surface area contributed by atoms with Gasteiger partial charge in [0.25, 0.3) is 0 Å². The smallest absolute Gasteiger partial charge is 0.246 e. The lowest BCUT2D eigenvalue weighted by molar-refractivity contribution is -0.118. The van der Waals surface area contributed by atoms with Crippen molar-refractivity contribution >= 4 is 23.2 Å². The Morgan fingerprint density at radius 3 is 2.42 bits per heavy atom. The monoisotopic (exact) mass is 460 g/mol. The first-order valence-electron chi connectivity index (χ1n) is 10.6. The van der Waals surface area contributed by atoms with Crippen molar-refractivity contribution in [3.63, 3.8) is 0 Å². The van der Waals surface area contributed by atoms with E-state index in [-0.39, 0.29) is 11.9 Å². The maximum Gasteiger partial charge on any atom is 0.246 e. The molecule has 2 N–H and O–H groups in total. The highest BCUT2D eigenvalue weighted by molar-refractivity contribution is 6.32. The molecule has 0 saturated carbocycles. The molecule has 0 radical (unpaired) electrons. The molecule has 4 rings (SSSR count). The van der Waals surface area contributed by atoms with Crippen molar-refractivity contribution in [1.82, 2.24) is 14.9 Å². The van der Waals surface area contributed by atoms with Crippen LogP contribution in [0.15, 0.2) is 91.5 Å². The standard InChI is InChI=1S/C26H25ClN4O2/c1-18(19-8-11-22(12-9-19)31-15-14-28-17-31)29-25(20-6-4-3-5-7-20)26(32)30-21-10-13-24(33-2)23(27)16-21/h3-18,25,29H,1-2H3,(H,30,32)/t18-,25-/m0/s1. The molecule has 0 saturated heterocycles. The van der Waals surface area contributed by atoms with Crippen LogP contribution in [0.3, 0.4) is 0 Å². The molecule has 0 aliphatic carbocycles. The number of hydrogen-bond acceptors (Lipinski definition) is 4. The number of aromatic nitrogens is 2. The van der Waals surface area contributed by atoms with E-state index in [9.17, 15) is 4.79 Å². The molecule has 0 fully saturated rings. The Kier molecular flexibility index (Phi) is 7.07. The number of rotatable bonds is 8. The number of benzene rings is 3. The Morgan fingerprint density at radius 1 is 1.03 bits per heavy atom. The molecule has 6 nitrogen and oxygen atoms in total. The van der Waals surface area contributed by atoms with Gasteiger partial charge < -0.3 is 14.6 Å². The van der Waals surface area contributed by atoms with Gasteiger partial charge in [0.15, 0.2) is 0 Å². The van der Waals surface area contributed by atoms with E-state index in [1.165, 1.54) is 0 Å². The third kappa shape index (κ3) is 5.42. The van der Waals surface area contributed by atoms with Crippen LogP contribution in [-0.4, -0.2) is 22.6 Å². The van der Waals surface area contributed by atoms with Crippen LogP contribution in [0.2, 0.25) is 5.02 Å². The van der Waals surface area contributed by atoms with Crippen molar-refractivity contribution in [3.8, 4) is 11.4 Å². The summed E-state index contributed by atoms with van der Waals surface area (Å²) in [5.74, 6) is 0.379. The fourth-order valence-corrected chi connectivity index (χ4v) is 3.88. The molecule has 7 heteroatoms. The minimum atomic E-state index is -0.560. The van der Waals surface area contributed by atoms with Crippen molar-refractivity contribution in [2.24, 2.45) is 0 Å². The second-order valence-electron chi connectivity index (χ2n) is 7.63. The number of halogens is 1. The van der Waals surface area contributed by atoms with E-state index >= 15 is 0 Å². The molecule has 1 aromatic heterocycles. The molecular weight excluding hydrogens is 436 g/mol. The number of ether oxygens (including phenoxy) is 1. The largest absolute Gasteiger partial charge is 0.495 e. The summed E-state index contributed by atoms with van der Waals surface area (Å²) < 4.78 is 7.14. The van der Waals surface area contributed by atoms with Gasteiger partial charge in [-0.15, -0.1) is 0 Å². The number of nitrogens with one attached hydrogen (secondary N) is 2. The van der Waals surface area contributed by atoms with Crippen LogP contribution in [0.25, 0.3) is 5.69 Å². The van der Waals surface area contributed by atoms with Gasteiger partial charge in [0.2, 0.25) is 5.91 Å².